The lowest BCUT2D eigenvalue weighted by atomic mass is 10.2. The number of carbonyl (C=O) groups is 3. The smallest absolute Gasteiger partial charge is 0.272 e. The molecule has 0 bridgehead atoms. The van der Waals surface area contributed by atoms with Crippen molar-refractivity contribution in [3.8, 4) is 0 Å². The van der Waals surface area contributed by atoms with Gasteiger partial charge in [0.25, 0.3) is 5.91 Å². The minimum Gasteiger partial charge on any atom is -0.293 e. The Morgan fingerprint density at radius 2 is 1.77 bits per heavy atom. The fourth-order valence-electron chi connectivity index (χ4n) is 1.69. The summed E-state index contributed by atoms with van der Waals surface area (Å²) in [6.45, 7) is 0. The number of nitrogens with one attached hydrogen (secondary N) is 2. The predicted octanol–water partition coefficient (Wildman–Crippen LogP) is 2.31. The van der Waals surface area contributed by atoms with Crippen LogP contribution in [0.5, 0.6) is 0 Å². The molecule has 114 valence electrons. The van der Waals surface area contributed by atoms with E-state index in [2.05, 4.69) is 10.9 Å². The number of halogens is 1. The number of hydrogen-bond donors (Lipinski definition) is 2. The van der Waals surface area contributed by atoms with Gasteiger partial charge in [0.2, 0.25) is 5.91 Å². The molecule has 0 aliphatic carbocycles. The molecule has 2 rings (SSSR count). The van der Waals surface area contributed by atoms with E-state index < -0.39 is 17.6 Å². The third-order valence-electron chi connectivity index (χ3n) is 2.81. The summed E-state index contributed by atoms with van der Waals surface area (Å²) in [5, 5.41) is 1.78. The van der Waals surface area contributed by atoms with Crippen molar-refractivity contribution in [2.24, 2.45) is 0 Å². The zero-order valence-electron chi connectivity index (χ0n) is 11.5. The maximum absolute atomic E-state index is 13.4. The van der Waals surface area contributed by atoms with Crippen LogP contribution in [0.1, 0.15) is 32.9 Å². The first-order valence-electron chi connectivity index (χ1n) is 6.48. The van der Waals surface area contributed by atoms with E-state index in [0.717, 1.165) is 6.07 Å². The zero-order valence-corrected chi connectivity index (χ0v) is 12.3. The van der Waals surface area contributed by atoms with Crippen molar-refractivity contribution < 1.29 is 18.8 Å². The van der Waals surface area contributed by atoms with Crippen molar-refractivity contribution in [1.29, 1.82) is 0 Å². The lowest BCUT2D eigenvalue weighted by Gasteiger charge is -2.07. The van der Waals surface area contributed by atoms with Gasteiger partial charge in [-0.3, -0.25) is 25.2 Å². The van der Waals surface area contributed by atoms with Gasteiger partial charge in [-0.1, -0.05) is 18.2 Å². The summed E-state index contributed by atoms with van der Waals surface area (Å²) in [6, 6.07) is 8.87. The quantitative estimate of drug-likeness (QED) is 0.656. The van der Waals surface area contributed by atoms with E-state index in [1.165, 1.54) is 29.5 Å². The van der Waals surface area contributed by atoms with E-state index in [4.69, 9.17) is 0 Å². The van der Waals surface area contributed by atoms with Crippen LogP contribution in [0.4, 0.5) is 4.39 Å². The van der Waals surface area contributed by atoms with Gasteiger partial charge in [-0.05, 0) is 23.6 Å². The van der Waals surface area contributed by atoms with Crippen molar-refractivity contribution in [1.82, 2.24) is 10.9 Å². The Hall–Kier alpha value is -2.54. The second-order valence-corrected chi connectivity index (χ2v) is 5.33. The number of rotatable bonds is 5. The maximum Gasteiger partial charge on any atom is 0.272 e. The topological polar surface area (TPSA) is 75.3 Å². The summed E-state index contributed by atoms with van der Waals surface area (Å²) < 4.78 is 13.4. The third-order valence-corrected chi connectivity index (χ3v) is 3.72. The fraction of sp³-hybridized carbons (Fsp3) is 0.133. The molecular formula is C15H13FN2O3S. The van der Waals surface area contributed by atoms with Crippen molar-refractivity contribution in [3.05, 3.63) is 58.0 Å². The fourth-order valence-corrected chi connectivity index (χ4v) is 2.38. The van der Waals surface area contributed by atoms with Gasteiger partial charge in [0.1, 0.15) is 5.82 Å². The van der Waals surface area contributed by atoms with Gasteiger partial charge in [-0.15, -0.1) is 11.3 Å². The highest BCUT2D eigenvalue weighted by Gasteiger charge is 2.13. The van der Waals surface area contributed by atoms with Gasteiger partial charge in [-0.2, -0.15) is 0 Å². The number of hydrogen-bond acceptors (Lipinski definition) is 4. The molecule has 1 aromatic heterocycles. The number of hydrazine groups is 1. The Kier molecular flexibility index (Phi) is 5.37. The summed E-state index contributed by atoms with van der Waals surface area (Å²) in [6.07, 6.45) is -0.0177. The van der Waals surface area contributed by atoms with Gasteiger partial charge < -0.3 is 0 Å². The van der Waals surface area contributed by atoms with Crippen molar-refractivity contribution in [2.75, 3.05) is 0 Å². The van der Waals surface area contributed by atoms with E-state index in [9.17, 15) is 18.8 Å². The second-order valence-electron chi connectivity index (χ2n) is 4.38. The molecule has 0 aliphatic rings. The van der Waals surface area contributed by atoms with Gasteiger partial charge in [0.15, 0.2) is 5.78 Å². The summed E-state index contributed by atoms with van der Waals surface area (Å²) in [4.78, 5) is 35.5. The molecule has 5 nitrogen and oxygen atoms in total. The van der Waals surface area contributed by atoms with E-state index >= 15 is 0 Å². The maximum atomic E-state index is 13.4. The lowest BCUT2D eigenvalue weighted by molar-refractivity contribution is -0.121. The molecule has 0 radical (unpaired) electrons. The Balaban J connectivity index is 1.77. The average molecular weight is 320 g/mol. The molecule has 2 amide bonds. The standard InChI is InChI=1S/C15H13FN2O3S/c16-11-5-2-1-4-10(11)15(21)18-17-14(20)8-7-12(19)13-6-3-9-22-13/h1-6,9H,7-8H2,(H,17,20)(H,18,21). The Labute approximate surface area is 130 Å². The van der Waals surface area contributed by atoms with Gasteiger partial charge in [-0.25, -0.2) is 4.39 Å². The number of amides is 2. The number of carbonyl (C=O) groups excluding carboxylic acids is 3. The molecule has 0 unspecified atom stereocenters. The lowest BCUT2D eigenvalue weighted by Crippen LogP contribution is -2.42. The molecule has 0 spiro atoms. The monoisotopic (exact) mass is 320 g/mol. The Bertz CT molecular complexity index is 686. The molecule has 0 fully saturated rings. The largest absolute Gasteiger partial charge is 0.293 e. The Morgan fingerprint density at radius 3 is 2.45 bits per heavy atom. The average Bonchev–Trinajstić information content (AvgIpc) is 3.05. The third kappa shape index (κ3) is 4.23. The van der Waals surface area contributed by atoms with Crippen LogP contribution in [0.25, 0.3) is 0 Å². The number of ketones is 1. The van der Waals surface area contributed by atoms with Crippen LogP contribution in [0.2, 0.25) is 0 Å². The molecule has 22 heavy (non-hydrogen) atoms. The molecular weight excluding hydrogens is 307 g/mol. The van der Waals surface area contributed by atoms with E-state index in [0.29, 0.717) is 4.88 Å². The molecule has 0 atom stereocenters. The summed E-state index contributed by atoms with van der Waals surface area (Å²) in [7, 11) is 0. The SMILES string of the molecule is O=C(CCC(=O)c1cccs1)NNC(=O)c1ccccc1F. The van der Waals surface area contributed by atoms with Gasteiger partial charge in [0.05, 0.1) is 10.4 Å². The molecule has 0 saturated heterocycles. The van der Waals surface area contributed by atoms with E-state index in [1.54, 1.807) is 17.5 Å². The van der Waals surface area contributed by atoms with E-state index in [1.807, 2.05) is 0 Å². The van der Waals surface area contributed by atoms with Crippen LogP contribution < -0.4 is 10.9 Å². The molecule has 1 aromatic carbocycles. The van der Waals surface area contributed by atoms with E-state index in [-0.39, 0.29) is 24.2 Å². The van der Waals surface area contributed by atoms with Crippen LogP contribution >= 0.6 is 11.3 Å². The van der Waals surface area contributed by atoms with Gasteiger partial charge >= 0.3 is 0 Å². The highest BCUT2D eigenvalue weighted by Crippen LogP contribution is 2.12. The normalized spacial score (nSPS) is 10.0. The minimum absolute atomic E-state index is 0.0436. The van der Waals surface area contributed by atoms with Gasteiger partial charge in [0, 0.05) is 12.8 Å². The molecule has 0 aliphatic heterocycles. The zero-order chi connectivity index (χ0) is 15.9. The minimum atomic E-state index is -0.754. The van der Waals surface area contributed by atoms with Crippen LogP contribution in [0, 0.1) is 5.82 Å². The highest BCUT2D eigenvalue weighted by atomic mass is 32.1. The second kappa shape index (κ2) is 7.46. The molecule has 2 aromatic rings. The number of thiophene rings is 1. The summed E-state index contributed by atoms with van der Waals surface area (Å²) in [5.41, 5.74) is 4.10. The summed E-state index contributed by atoms with van der Waals surface area (Å²) >= 11 is 1.31. The van der Waals surface area contributed by atoms with Crippen LogP contribution in [0.15, 0.2) is 41.8 Å². The van der Waals surface area contributed by atoms with Crippen LogP contribution in [-0.2, 0) is 4.79 Å². The van der Waals surface area contributed by atoms with Crippen LogP contribution in [-0.4, -0.2) is 17.6 Å². The first-order chi connectivity index (χ1) is 10.6. The summed E-state index contributed by atoms with van der Waals surface area (Å²) in [5.74, 6) is -2.08. The Morgan fingerprint density at radius 1 is 1.00 bits per heavy atom. The highest BCUT2D eigenvalue weighted by molar-refractivity contribution is 7.12. The number of benzene rings is 1. The van der Waals surface area contributed by atoms with Crippen molar-refractivity contribution >= 4 is 28.9 Å². The first kappa shape index (κ1) is 15.8. The number of Topliss-reactive ketones (excluding diaryl/α,β-unsaturated/α-hetero) is 1. The predicted molar refractivity (Wildman–Crippen MR) is 79.9 cm³/mol. The molecule has 1 heterocycles. The van der Waals surface area contributed by atoms with Crippen LogP contribution in [0.3, 0.4) is 0 Å². The van der Waals surface area contributed by atoms with Crippen molar-refractivity contribution in [3.63, 3.8) is 0 Å². The molecule has 7 heteroatoms. The molecule has 2 N–H and O–H groups in total. The first-order valence-corrected chi connectivity index (χ1v) is 7.36. The molecule has 0 saturated carbocycles. The van der Waals surface area contributed by atoms with Crippen molar-refractivity contribution in [2.45, 2.75) is 12.8 Å².